The third-order valence-electron chi connectivity index (χ3n) is 3.18. The van der Waals surface area contributed by atoms with Gasteiger partial charge in [0.2, 0.25) is 15.9 Å². The maximum absolute atomic E-state index is 12.5. The first kappa shape index (κ1) is 14.3. The zero-order valence-electron chi connectivity index (χ0n) is 10.5. The number of sulfonamides is 1. The Morgan fingerprint density at radius 1 is 1.42 bits per heavy atom. The first-order chi connectivity index (χ1) is 8.98. The van der Waals surface area contributed by atoms with E-state index in [0.717, 1.165) is 0 Å². The lowest BCUT2D eigenvalue weighted by Gasteiger charge is -2.23. The molecular weight excluding hydrogens is 288 g/mol. The van der Waals surface area contributed by atoms with Crippen molar-refractivity contribution in [3.05, 3.63) is 29.3 Å². The van der Waals surface area contributed by atoms with Crippen molar-refractivity contribution >= 4 is 27.5 Å². The predicted octanol–water partition coefficient (Wildman–Crippen LogP) is 1.24. The molecule has 1 aromatic carbocycles. The molecule has 7 heteroatoms. The van der Waals surface area contributed by atoms with Gasteiger partial charge in [-0.05, 0) is 25.0 Å². The molecule has 1 aliphatic heterocycles. The molecule has 0 spiro atoms. The largest absolute Gasteiger partial charge is 0.358 e. The molecule has 0 radical (unpaired) electrons. The van der Waals surface area contributed by atoms with Crippen molar-refractivity contribution in [1.82, 2.24) is 9.62 Å². The Hall–Kier alpha value is -1.11. The number of likely N-dealkylation sites (N-methyl/N-ethyl adjacent to an activating group) is 1. The number of carbonyl (C=O) groups excluding carboxylic acids is 1. The minimum atomic E-state index is -3.73. The highest BCUT2D eigenvalue weighted by Crippen LogP contribution is 2.29. The topological polar surface area (TPSA) is 66.5 Å². The molecule has 2 rings (SSSR count). The number of halogens is 1. The summed E-state index contributed by atoms with van der Waals surface area (Å²) in [5.41, 5.74) is 0. The molecule has 1 amide bonds. The molecule has 0 aliphatic carbocycles. The highest BCUT2D eigenvalue weighted by molar-refractivity contribution is 7.89. The summed E-state index contributed by atoms with van der Waals surface area (Å²) in [6, 6.07) is 5.62. The maximum atomic E-state index is 12.5. The van der Waals surface area contributed by atoms with E-state index < -0.39 is 16.1 Å². The van der Waals surface area contributed by atoms with Gasteiger partial charge in [0.1, 0.15) is 10.9 Å². The minimum absolute atomic E-state index is 0.0486. The van der Waals surface area contributed by atoms with Crippen LogP contribution >= 0.6 is 11.6 Å². The van der Waals surface area contributed by atoms with Gasteiger partial charge in [0, 0.05) is 13.6 Å². The Morgan fingerprint density at radius 2 is 2.11 bits per heavy atom. The van der Waals surface area contributed by atoms with E-state index in [4.69, 9.17) is 11.6 Å². The van der Waals surface area contributed by atoms with Crippen LogP contribution in [0.2, 0.25) is 5.02 Å². The molecule has 1 unspecified atom stereocenters. The predicted molar refractivity (Wildman–Crippen MR) is 72.4 cm³/mol. The average molecular weight is 303 g/mol. The third-order valence-corrected chi connectivity index (χ3v) is 5.58. The van der Waals surface area contributed by atoms with Crippen molar-refractivity contribution in [2.45, 2.75) is 23.8 Å². The molecular formula is C12H15ClN2O3S. The summed E-state index contributed by atoms with van der Waals surface area (Å²) in [5, 5.41) is 2.67. The van der Waals surface area contributed by atoms with Gasteiger partial charge < -0.3 is 5.32 Å². The molecule has 1 saturated heterocycles. The summed E-state index contributed by atoms with van der Waals surface area (Å²) in [6.07, 6.45) is 1.20. The monoisotopic (exact) mass is 302 g/mol. The first-order valence-corrected chi connectivity index (χ1v) is 7.78. The Morgan fingerprint density at radius 3 is 2.74 bits per heavy atom. The van der Waals surface area contributed by atoms with Crippen molar-refractivity contribution in [3.8, 4) is 0 Å². The van der Waals surface area contributed by atoms with Gasteiger partial charge in [0.05, 0.1) is 5.02 Å². The van der Waals surface area contributed by atoms with Gasteiger partial charge in [-0.15, -0.1) is 0 Å². The van der Waals surface area contributed by atoms with Crippen molar-refractivity contribution in [2.75, 3.05) is 13.6 Å². The second-order valence-electron chi connectivity index (χ2n) is 4.32. The van der Waals surface area contributed by atoms with Crippen molar-refractivity contribution in [3.63, 3.8) is 0 Å². The molecule has 1 aliphatic rings. The maximum Gasteiger partial charge on any atom is 0.245 e. The highest BCUT2D eigenvalue weighted by atomic mass is 35.5. The van der Waals surface area contributed by atoms with Crippen LogP contribution in [0.3, 0.4) is 0 Å². The summed E-state index contributed by atoms with van der Waals surface area (Å²) in [5.74, 6) is -0.284. The summed E-state index contributed by atoms with van der Waals surface area (Å²) >= 11 is 5.94. The Labute approximate surface area is 117 Å². The summed E-state index contributed by atoms with van der Waals surface area (Å²) < 4.78 is 26.3. The second-order valence-corrected chi connectivity index (χ2v) is 6.58. The fourth-order valence-corrected chi connectivity index (χ4v) is 4.39. The third kappa shape index (κ3) is 2.61. The molecule has 1 fully saturated rings. The van der Waals surface area contributed by atoms with Crippen LogP contribution in [0.1, 0.15) is 12.8 Å². The number of benzene rings is 1. The van der Waals surface area contributed by atoms with Crippen LogP contribution in [0.15, 0.2) is 29.2 Å². The van der Waals surface area contributed by atoms with Crippen LogP contribution < -0.4 is 5.32 Å². The van der Waals surface area contributed by atoms with E-state index in [1.165, 1.54) is 23.5 Å². The summed E-state index contributed by atoms with van der Waals surface area (Å²) in [4.78, 5) is 11.8. The molecule has 0 saturated carbocycles. The molecule has 0 bridgehead atoms. The quantitative estimate of drug-likeness (QED) is 0.913. The SMILES string of the molecule is CNC(=O)C1CCCN1S(=O)(=O)c1ccccc1Cl. The lowest BCUT2D eigenvalue weighted by molar-refractivity contribution is -0.123. The van der Waals surface area contributed by atoms with E-state index >= 15 is 0 Å². The molecule has 1 aromatic rings. The fourth-order valence-electron chi connectivity index (χ4n) is 2.24. The molecule has 1 atom stereocenters. The number of hydrogen-bond acceptors (Lipinski definition) is 3. The van der Waals surface area contributed by atoms with Crippen LogP contribution in [-0.2, 0) is 14.8 Å². The number of rotatable bonds is 3. The lowest BCUT2D eigenvalue weighted by Crippen LogP contribution is -2.44. The van der Waals surface area contributed by atoms with E-state index in [0.29, 0.717) is 19.4 Å². The fraction of sp³-hybridized carbons (Fsp3) is 0.417. The van der Waals surface area contributed by atoms with E-state index in [1.54, 1.807) is 12.1 Å². The van der Waals surface area contributed by atoms with Gasteiger partial charge in [-0.2, -0.15) is 4.31 Å². The zero-order valence-corrected chi connectivity index (χ0v) is 12.0. The van der Waals surface area contributed by atoms with Crippen LogP contribution in [0.4, 0.5) is 0 Å². The van der Waals surface area contributed by atoms with Crippen molar-refractivity contribution in [2.24, 2.45) is 0 Å². The molecule has 0 aromatic heterocycles. The second kappa shape index (κ2) is 5.48. The Balaban J connectivity index is 2.40. The summed E-state index contributed by atoms with van der Waals surface area (Å²) in [6.45, 7) is 0.339. The van der Waals surface area contributed by atoms with Gasteiger partial charge in [-0.3, -0.25) is 4.79 Å². The zero-order chi connectivity index (χ0) is 14.0. The minimum Gasteiger partial charge on any atom is -0.358 e. The van der Waals surface area contributed by atoms with Gasteiger partial charge in [0.25, 0.3) is 0 Å². The van der Waals surface area contributed by atoms with Gasteiger partial charge in [-0.1, -0.05) is 23.7 Å². The van der Waals surface area contributed by atoms with E-state index in [1.807, 2.05) is 0 Å². The summed E-state index contributed by atoms with van der Waals surface area (Å²) in [7, 11) is -2.23. The van der Waals surface area contributed by atoms with E-state index in [9.17, 15) is 13.2 Å². The first-order valence-electron chi connectivity index (χ1n) is 5.96. The Bertz CT molecular complexity index is 588. The van der Waals surface area contributed by atoms with Crippen LogP contribution in [-0.4, -0.2) is 38.3 Å². The number of carbonyl (C=O) groups is 1. The number of amides is 1. The van der Waals surface area contributed by atoms with Crippen molar-refractivity contribution < 1.29 is 13.2 Å². The molecule has 19 heavy (non-hydrogen) atoms. The number of nitrogens with zero attached hydrogens (tertiary/aromatic N) is 1. The number of nitrogens with one attached hydrogen (secondary N) is 1. The Kier molecular flexibility index (Phi) is 4.13. The lowest BCUT2D eigenvalue weighted by atomic mass is 10.2. The number of hydrogen-bond donors (Lipinski definition) is 1. The van der Waals surface area contributed by atoms with Crippen molar-refractivity contribution in [1.29, 1.82) is 0 Å². The van der Waals surface area contributed by atoms with E-state index in [-0.39, 0.29) is 15.8 Å². The average Bonchev–Trinajstić information content (AvgIpc) is 2.88. The standard InChI is InChI=1S/C12H15ClN2O3S/c1-14-12(16)10-6-4-8-15(10)19(17,18)11-7-3-2-5-9(11)13/h2-3,5,7,10H,4,6,8H2,1H3,(H,14,16). The molecule has 1 N–H and O–H groups in total. The highest BCUT2D eigenvalue weighted by Gasteiger charge is 2.39. The molecule has 5 nitrogen and oxygen atoms in total. The smallest absolute Gasteiger partial charge is 0.245 e. The van der Waals surface area contributed by atoms with Gasteiger partial charge in [-0.25, -0.2) is 8.42 Å². The van der Waals surface area contributed by atoms with Crippen LogP contribution in [0.25, 0.3) is 0 Å². The van der Waals surface area contributed by atoms with Gasteiger partial charge in [0.15, 0.2) is 0 Å². The molecule has 104 valence electrons. The molecule has 1 heterocycles. The van der Waals surface area contributed by atoms with E-state index in [2.05, 4.69) is 5.32 Å². The van der Waals surface area contributed by atoms with Gasteiger partial charge >= 0.3 is 0 Å². The van der Waals surface area contributed by atoms with Crippen LogP contribution in [0.5, 0.6) is 0 Å². The normalized spacial score (nSPS) is 20.4. The van der Waals surface area contributed by atoms with Crippen LogP contribution in [0, 0.1) is 0 Å².